The predicted molar refractivity (Wildman–Crippen MR) is 81.3 cm³/mol. The topological polar surface area (TPSA) is 57.5 Å². The molecule has 2 aliphatic rings. The van der Waals surface area contributed by atoms with Crippen LogP contribution in [-0.2, 0) is 16.6 Å². The van der Waals surface area contributed by atoms with Gasteiger partial charge in [-0.3, -0.25) is 4.79 Å². The molecule has 0 amide bonds. The second-order valence-corrected chi connectivity index (χ2v) is 6.86. The van der Waals surface area contributed by atoms with Crippen molar-refractivity contribution in [1.82, 2.24) is 0 Å². The maximum absolute atomic E-state index is 12.1. The number of aryl methyl sites for hydroxylation is 1. The molecule has 1 aromatic carbocycles. The van der Waals surface area contributed by atoms with Crippen molar-refractivity contribution in [2.75, 3.05) is 0 Å². The number of carbonyl (C=O) groups is 1. The molecule has 1 fully saturated rings. The van der Waals surface area contributed by atoms with Crippen molar-refractivity contribution in [3.8, 4) is 0 Å². The number of hydrogen-bond donors (Lipinski definition) is 2. The monoisotopic (exact) mass is 288 g/mol. The van der Waals surface area contributed by atoms with Gasteiger partial charge in [-0.05, 0) is 49.7 Å². The second kappa shape index (κ2) is 5.45. The molecule has 3 heteroatoms. The van der Waals surface area contributed by atoms with Crippen molar-refractivity contribution in [2.45, 2.75) is 68.8 Å². The quantitative estimate of drug-likeness (QED) is 0.896. The minimum absolute atomic E-state index is 0.367. The Labute approximate surface area is 126 Å². The van der Waals surface area contributed by atoms with Gasteiger partial charge in [-0.1, -0.05) is 43.5 Å². The lowest BCUT2D eigenvalue weighted by atomic mass is 9.63. The van der Waals surface area contributed by atoms with Gasteiger partial charge in [0.05, 0.1) is 11.0 Å². The largest absolute Gasteiger partial charge is 0.481 e. The van der Waals surface area contributed by atoms with E-state index in [0.717, 1.165) is 56.1 Å². The normalized spacial score (nSPS) is 27.9. The van der Waals surface area contributed by atoms with Crippen molar-refractivity contribution < 1.29 is 15.0 Å². The van der Waals surface area contributed by atoms with E-state index in [2.05, 4.69) is 0 Å². The fourth-order valence-electron chi connectivity index (χ4n) is 4.35. The number of aliphatic carboxylic acids is 1. The van der Waals surface area contributed by atoms with E-state index in [1.165, 1.54) is 0 Å². The van der Waals surface area contributed by atoms with Gasteiger partial charge in [0.1, 0.15) is 0 Å². The van der Waals surface area contributed by atoms with Crippen LogP contribution in [0.3, 0.4) is 0 Å². The Morgan fingerprint density at radius 2 is 1.76 bits per heavy atom. The van der Waals surface area contributed by atoms with Crippen LogP contribution >= 0.6 is 0 Å². The van der Waals surface area contributed by atoms with Crippen LogP contribution in [0.1, 0.15) is 62.5 Å². The Hall–Kier alpha value is -1.35. The zero-order chi connectivity index (χ0) is 14.9. The smallest absolute Gasteiger partial charge is 0.314 e. The van der Waals surface area contributed by atoms with Gasteiger partial charge in [-0.15, -0.1) is 0 Å². The molecule has 3 nitrogen and oxygen atoms in total. The molecule has 1 atom stereocenters. The molecule has 21 heavy (non-hydrogen) atoms. The lowest BCUT2D eigenvalue weighted by molar-refractivity contribution is -0.148. The highest BCUT2D eigenvalue weighted by Gasteiger charge is 2.49. The van der Waals surface area contributed by atoms with Gasteiger partial charge in [0.15, 0.2) is 0 Å². The molecule has 114 valence electrons. The number of aliphatic hydroxyl groups is 1. The molecule has 1 aromatic rings. The van der Waals surface area contributed by atoms with Gasteiger partial charge in [-0.2, -0.15) is 0 Å². The Bertz CT molecular complexity index is 531. The number of carboxylic acids is 1. The highest BCUT2D eigenvalue weighted by Crippen LogP contribution is 2.46. The molecular weight excluding hydrogens is 264 g/mol. The van der Waals surface area contributed by atoms with Crippen molar-refractivity contribution in [3.05, 3.63) is 35.4 Å². The summed E-state index contributed by atoms with van der Waals surface area (Å²) in [7, 11) is 0. The molecule has 0 spiro atoms. The molecule has 2 N–H and O–H groups in total. The van der Waals surface area contributed by atoms with E-state index in [0.29, 0.717) is 12.8 Å². The summed E-state index contributed by atoms with van der Waals surface area (Å²) >= 11 is 0. The molecular formula is C18H24O3. The van der Waals surface area contributed by atoms with Crippen molar-refractivity contribution in [1.29, 1.82) is 0 Å². The van der Waals surface area contributed by atoms with Crippen molar-refractivity contribution in [2.24, 2.45) is 0 Å². The lowest BCUT2D eigenvalue weighted by Crippen LogP contribution is -2.47. The Morgan fingerprint density at radius 1 is 1.05 bits per heavy atom. The van der Waals surface area contributed by atoms with Crippen molar-refractivity contribution in [3.63, 3.8) is 0 Å². The van der Waals surface area contributed by atoms with E-state index in [-0.39, 0.29) is 0 Å². The summed E-state index contributed by atoms with van der Waals surface area (Å²) in [6, 6.07) is 7.89. The molecule has 2 aliphatic carbocycles. The third-order valence-corrected chi connectivity index (χ3v) is 5.41. The fraction of sp³-hybridized carbons (Fsp3) is 0.611. The van der Waals surface area contributed by atoms with Crippen LogP contribution in [0, 0.1) is 0 Å². The standard InChI is InChI=1S/C18H24O3/c19-16(20)18(13-17(21)10-4-1-5-11-17)12-6-8-14-7-2-3-9-15(14)18/h2-3,7,9,21H,1,4-6,8,10-13H2,(H,19,20). The minimum atomic E-state index is -0.902. The average Bonchev–Trinajstić information content (AvgIpc) is 2.48. The highest BCUT2D eigenvalue weighted by molar-refractivity contribution is 5.82. The van der Waals surface area contributed by atoms with E-state index in [1.54, 1.807) is 0 Å². The van der Waals surface area contributed by atoms with Crippen LogP contribution in [0.5, 0.6) is 0 Å². The first-order chi connectivity index (χ1) is 10.1. The van der Waals surface area contributed by atoms with Gasteiger partial charge in [0.2, 0.25) is 0 Å². The maximum atomic E-state index is 12.1. The predicted octanol–water partition coefficient (Wildman–Crippen LogP) is 3.43. The number of fused-ring (bicyclic) bond motifs is 1. The Kier molecular flexibility index (Phi) is 3.78. The van der Waals surface area contributed by atoms with Crippen LogP contribution in [0.25, 0.3) is 0 Å². The summed E-state index contributed by atoms with van der Waals surface area (Å²) in [4.78, 5) is 12.1. The Balaban J connectivity index is 2.00. The molecule has 1 unspecified atom stereocenters. The maximum Gasteiger partial charge on any atom is 0.314 e. The summed E-state index contributed by atoms with van der Waals surface area (Å²) < 4.78 is 0. The van der Waals surface area contributed by atoms with Gasteiger partial charge in [-0.25, -0.2) is 0 Å². The zero-order valence-corrected chi connectivity index (χ0v) is 12.5. The minimum Gasteiger partial charge on any atom is -0.481 e. The van der Waals surface area contributed by atoms with Gasteiger partial charge < -0.3 is 10.2 Å². The van der Waals surface area contributed by atoms with Gasteiger partial charge >= 0.3 is 5.97 Å². The highest BCUT2D eigenvalue weighted by atomic mass is 16.4. The van der Waals surface area contributed by atoms with Crippen LogP contribution < -0.4 is 0 Å². The van der Waals surface area contributed by atoms with Crippen LogP contribution in [-0.4, -0.2) is 21.8 Å². The SMILES string of the molecule is O=C(O)C1(CC2(O)CCCCC2)CCCc2ccccc21. The van der Waals surface area contributed by atoms with Crippen molar-refractivity contribution >= 4 is 5.97 Å². The average molecular weight is 288 g/mol. The molecule has 0 radical (unpaired) electrons. The van der Waals surface area contributed by atoms with Gasteiger partial charge in [0, 0.05) is 0 Å². The summed E-state index contributed by atoms with van der Waals surface area (Å²) in [6.07, 6.45) is 7.49. The van der Waals surface area contributed by atoms with Gasteiger partial charge in [0.25, 0.3) is 0 Å². The number of carboxylic acid groups (broad SMARTS) is 1. The second-order valence-electron chi connectivity index (χ2n) is 6.86. The number of rotatable bonds is 3. The summed E-state index contributed by atoms with van der Waals surface area (Å²) in [5, 5.41) is 20.9. The first-order valence-electron chi connectivity index (χ1n) is 8.10. The van der Waals surface area contributed by atoms with E-state index in [4.69, 9.17) is 0 Å². The first-order valence-corrected chi connectivity index (χ1v) is 8.10. The molecule has 0 heterocycles. The third-order valence-electron chi connectivity index (χ3n) is 5.41. The van der Waals surface area contributed by atoms with E-state index < -0.39 is 17.0 Å². The van der Waals surface area contributed by atoms with Crippen LogP contribution in [0.4, 0.5) is 0 Å². The molecule has 1 saturated carbocycles. The summed E-state index contributed by atoms with van der Waals surface area (Å²) in [5.74, 6) is -0.770. The van der Waals surface area contributed by atoms with E-state index >= 15 is 0 Å². The molecule has 3 rings (SSSR count). The fourth-order valence-corrected chi connectivity index (χ4v) is 4.35. The number of hydrogen-bond acceptors (Lipinski definition) is 2. The first kappa shape index (κ1) is 14.6. The summed E-state index contributed by atoms with van der Waals surface area (Å²) in [5.41, 5.74) is 0.371. The molecule has 0 bridgehead atoms. The molecule has 0 aromatic heterocycles. The molecule has 0 saturated heterocycles. The number of benzene rings is 1. The van der Waals surface area contributed by atoms with E-state index in [9.17, 15) is 15.0 Å². The Morgan fingerprint density at radius 3 is 2.48 bits per heavy atom. The van der Waals surface area contributed by atoms with Crippen LogP contribution in [0.15, 0.2) is 24.3 Å². The lowest BCUT2D eigenvalue weighted by Gasteiger charge is -2.43. The summed E-state index contributed by atoms with van der Waals surface area (Å²) in [6.45, 7) is 0. The molecule has 0 aliphatic heterocycles. The van der Waals surface area contributed by atoms with Crippen LogP contribution in [0.2, 0.25) is 0 Å². The zero-order valence-electron chi connectivity index (χ0n) is 12.5. The van der Waals surface area contributed by atoms with E-state index in [1.807, 2.05) is 24.3 Å². The third kappa shape index (κ3) is 2.59.